The molecule has 104 valence electrons. The van der Waals surface area contributed by atoms with Crippen molar-refractivity contribution in [2.45, 2.75) is 33.1 Å². The first-order valence-electron chi connectivity index (χ1n) is 6.33. The topological polar surface area (TPSA) is 76.0 Å². The maximum atomic E-state index is 11.3. The van der Waals surface area contributed by atoms with Crippen LogP contribution in [0, 0.1) is 6.92 Å². The van der Waals surface area contributed by atoms with Crippen LogP contribution in [-0.2, 0) is 5.41 Å². The van der Waals surface area contributed by atoms with Gasteiger partial charge < -0.3 is 5.11 Å². The highest BCUT2D eigenvalue weighted by Gasteiger charge is 2.24. The van der Waals surface area contributed by atoms with Crippen molar-refractivity contribution in [3.05, 3.63) is 41.5 Å². The Balaban J connectivity index is 2.65. The van der Waals surface area contributed by atoms with Gasteiger partial charge in [0.2, 0.25) is 0 Å². The lowest BCUT2D eigenvalue weighted by molar-refractivity contribution is 0.0693. The minimum atomic E-state index is -0.968. The van der Waals surface area contributed by atoms with Gasteiger partial charge in [-0.2, -0.15) is 0 Å². The average Bonchev–Trinajstić information content (AvgIpc) is 2.37. The molecule has 20 heavy (non-hydrogen) atoms. The van der Waals surface area contributed by atoms with Crippen molar-refractivity contribution >= 4 is 5.97 Å². The van der Waals surface area contributed by atoms with Gasteiger partial charge in [0.1, 0.15) is 5.69 Å². The molecule has 0 bridgehead atoms. The number of carboxylic acid groups (broad SMARTS) is 1. The summed E-state index contributed by atoms with van der Waals surface area (Å²) in [5.41, 5.74) is 2.50. The molecule has 0 aliphatic heterocycles. The lowest BCUT2D eigenvalue weighted by Gasteiger charge is -2.20. The first-order valence-corrected chi connectivity index (χ1v) is 6.33. The summed E-state index contributed by atoms with van der Waals surface area (Å²) in [5.74, 6) is -0.968. The number of carbonyl (C=O) groups is 1. The second-order valence-corrected chi connectivity index (χ2v) is 5.64. The molecule has 0 saturated heterocycles. The number of hydrogen-bond donors (Lipinski definition) is 1. The van der Waals surface area contributed by atoms with E-state index >= 15 is 0 Å². The molecule has 2 rings (SSSR count). The molecule has 1 N–H and O–H groups in total. The minimum Gasteiger partial charge on any atom is -0.478 e. The molecule has 2 aromatic heterocycles. The Hall–Kier alpha value is -2.30. The van der Waals surface area contributed by atoms with E-state index in [4.69, 9.17) is 0 Å². The fourth-order valence-corrected chi connectivity index (χ4v) is 1.99. The van der Waals surface area contributed by atoms with E-state index < -0.39 is 5.97 Å². The van der Waals surface area contributed by atoms with Crippen LogP contribution in [0.4, 0.5) is 0 Å². The van der Waals surface area contributed by atoms with Gasteiger partial charge in [0.05, 0.1) is 22.6 Å². The lowest BCUT2D eigenvalue weighted by Crippen LogP contribution is -2.19. The maximum Gasteiger partial charge on any atom is 0.337 e. The van der Waals surface area contributed by atoms with Crippen LogP contribution in [0.1, 0.15) is 42.5 Å². The average molecular weight is 271 g/mol. The second kappa shape index (κ2) is 5.00. The highest BCUT2D eigenvalue weighted by atomic mass is 16.4. The van der Waals surface area contributed by atoms with Gasteiger partial charge in [-0.1, -0.05) is 20.8 Å². The Bertz CT molecular complexity index is 660. The molecule has 5 nitrogen and oxygen atoms in total. The Kier molecular flexibility index (Phi) is 3.53. The molecule has 0 aromatic carbocycles. The third-order valence-electron chi connectivity index (χ3n) is 2.96. The largest absolute Gasteiger partial charge is 0.478 e. The standard InChI is InChI=1S/C15H17N3O2/c1-9-12(17-8-7-16-9)11-6-5-10(14(19)20)13(18-11)15(2,3)4/h5-8H,1-4H3,(H,19,20). The SMILES string of the molecule is Cc1nccnc1-c1ccc(C(=O)O)c(C(C)(C)C)n1. The van der Waals surface area contributed by atoms with E-state index in [2.05, 4.69) is 15.0 Å². The number of nitrogens with zero attached hydrogens (tertiary/aromatic N) is 3. The van der Waals surface area contributed by atoms with Gasteiger partial charge in [-0.15, -0.1) is 0 Å². The summed E-state index contributed by atoms with van der Waals surface area (Å²) < 4.78 is 0. The predicted molar refractivity (Wildman–Crippen MR) is 75.7 cm³/mol. The third kappa shape index (κ3) is 2.66. The Morgan fingerprint density at radius 1 is 1.15 bits per heavy atom. The summed E-state index contributed by atoms with van der Waals surface area (Å²) in [6.07, 6.45) is 3.22. The van der Waals surface area contributed by atoms with Crippen LogP contribution >= 0.6 is 0 Å². The van der Waals surface area contributed by atoms with Crippen LogP contribution in [0.3, 0.4) is 0 Å². The Labute approximate surface area is 117 Å². The third-order valence-corrected chi connectivity index (χ3v) is 2.96. The first kappa shape index (κ1) is 14.1. The van der Waals surface area contributed by atoms with Crippen LogP contribution in [0.5, 0.6) is 0 Å². The quantitative estimate of drug-likeness (QED) is 0.908. The number of rotatable bonds is 2. The maximum absolute atomic E-state index is 11.3. The van der Waals surface area contributed by atoms with Gasteiger partial charge in [0, 0.05) is 17.8 Å². The van der Waals surface area contributed by atoms with Gasteiger partial charge in [0.25, 0.3) is 0 Å². The molecule has 0 aliphatic rings. The van der Waals surface area contributed by atoms with Gasteiger partial charge >= 0.3 is 5.97 Å². The Morgan fingerprint density at radius 2 is 1.80 bits per heavy atom. The number of hydrogen-bond acceptors (Lipinski definition) is 4. The molecule has 0 aliphatic carbocycles. The van der Waals surface area contributed by atoms with Gasteiger partial charge in [-0.25, -0.2) is 9.78 Å². The molecule has 0 spiro atoms. The molecular weight excluding hydrogens is 254 g/mol. The van der Waals surface area contributed by atoms with Crippen molar-refractivity contribution < 1.29 is 9.90 Å². The zero-order valence-corrected chi connectivity index (χ0v) is 12.0. The first-order chi connectivity index (χ1) is 9.30. The van der Waals surface area contributed by atoms with E-state index in [-0.39, 0.29) is 11.0 Å². The zero-order chi connectivity index (χ0) is 14.9. The van der Waals surface area contributed by atoms with Crippen LogP contribution in [0.15, 0.2) is 24.5 Å². The Morgan fingerprint density at radius 3 is 2.35 bits per heavy atom. The number of pyridine rings is 1. The van der Waals surface area contributed by atoms with E-state index in [1.807, 2.05) is 27.7 Å². The van der Waals surface area contributed by atoms with E-state index in [9.17, 15) is 9.90 Å². The minimum absolute atomic E-state index is 0.225. The highest BCUT2D eigenvalue weighted by Crippen LogP contribution is 2.27. The van der Waals surface area contributed by atoms with Crippen LogP contribution in [-0.4, -0.2) is 26.0 Å². The molecule has 2 heterocycles. The van der Waals surface area contributed by atoms with E-state index in [0.29, 0.717) is 17.1 Å². The number of aromatic carboxylic acids is 1. The highest BCUT2D eigenvalue weighted by molar-refractivity contribution is 5.89. The number of aryl methyl sites for hydroxylation is 1. The van der Waals surface area contributed by atoms with Crippen LogP contribution in [0.25, 0.3) is 11.4 Å². The van der Waals surface area contributed by atoms with Crippen molar-refractivity contribution in [2.75, 3.05) is 0 Å². The summed E-state index contributed by atoms with van der Waals surface area (Å²) in [7, 11) is 0. The summed E-state index contributed by atoms with van der Waals surface area (Å²) in [6.45, 7) is 7.67. The molecule has 0 atom stereocenters. The zero-order valence-electron chi connectivity index (χ0n) is 12.0. The molecule has 0 saturated carbocycles. The predicted octanol–water partition coefficient (Wildman–Crippen LogP) is 2.84. The number of carboxylic acids is 1. The smallest absolute Gasteiger partial charge is 0.337 e. The molecule has 0 unspecified atom stereocenters. The number of aromatic nitrogens is 3. The van der Waals surface area contributed by atoms with Crippen molar-refractivity contribution in [1.29, 1.82) is 0 Å². The van der Waals surface area contributed by atoms with E-state index in [1.54, 1.807) is 24.5 Å². The summed E-state index contributed by atoms with van der Waals surface area (Å²) in [4.78, 5) is 24.3. The van der Waals surface area contributed by atoms with Crippen LogP contribution in [0.2, 0.25) is 0 Å². The fourth-order valence-electron chi connectivity index (χ4n) is 1.99. The van der Waals surface area contributed by atoms with E-state index in [1.165, 1.54) is 0 Å². The monoisotopic (exact) mass is 271 g/mol. The summed E-state index contributed by atoms with van der Waals surface area (Å²) in [5, 5.41) is 9.28. The fraction of sp³-hybridized carbons (Fsp3) is 0.333. The second-order valence-electron chi connectivity index (χ2n) is 5.64. The van der Waals surface area contributed by atoms with Crippen molar-refractivity contribution in [2.24, 2.45) is 0 Å². The molecule has 0 fully saturated rings. The lowest BCUT2D eigenvalue weighted by atomic mass is 9.88. The van der Waals surface area contributed by atoms with Crippen molar-refractivity contribution in [3.63, 3.8) is 0 Å². The summed E-state index contributed by atoms with van der Waals surface area (Å²) >= 11 is 0. The molecule has 0 amide bonds. The molecular formula is C15H17N3O2. The molecule has 2 aromatic rings. The summed E-state index contributed by atoms with van der Waals surface area (Å²) in [6, 6.07) is 3.26. The van der Waals surface area contributed by atoms with Crippen molar-refractivity contribution in [1.82, 2.24) is 15.0 Å². The van der Waals surface area contributed by atoms with Gasteiger partial charge in [-0.3, -0.25) is 9.97 Å². The van der Waals surface area contributed by atoms with Crippen molar-refractivity contribution in [3.8, 4) is 11.4 Å². The van der Waals surface area contributed by atoms with Gasteiger partial charge in [-0.05, 0) is 19.1 Å². The molecule has 0 radical (unpaired) electrons. The van der Waals surface area contributed by atoms with Crippen LogP contribution < -0.4 is 0 Å². The normalized spacial score (nSPS) is 11.4. The van der Waals surface area contributed by atoms with Gasteiger partial charge in [0.15, 0.2) is 0 Å². The molecule has 5 heteroatoms. The van der Waals surface area contributed by atoms with E-state index in [0.717, 1.165) is 5.69 Å².